The number of methoxy groups -OCH3 is 1. The number of carbonyl (C=O) groups excluding carboxylic acids is 1. The Morgan fingerprint density at radius 3 is 2.71 bits per heavy atom. The molecular weight excluding hydrogens is 221 g/mol. The second kappa shape index (κ2) is 5.27. The molecule has 0 aromatic heterocycles. The summed E-state index contributed by atoms with van der Waals surface area (Å²) in [7, 11) is 1.48. The first-order chi connectivity index (χ1) is 8.22. The molecule has 1 aliphatic heterocycles. The van der Waals surface area contributed by atoms with Gasteiger partial charge in [0.05, 0.1) is 12.7 Å². The van der Waals surface area contributed by atoms with Crippen molar-refractivity contribution in [3.05, 3.63) is 29.6 Å². The zero-order chi connectivity index (χ0) is 12.3. The van der Waals surface area contributed by atoms with Crippen LogP contribution in [0.15, 0.2) is 18.2 Å². The number of benzene rings is 1. The van der Waals surface area contributed by atoms with E-state index >= 15 is 0 Å². The molecule has 0 spiro atoms. The Bertz CT molecular complexity index is 414. The molecule has 0 radical (unpaired) electrons. The van der Waals surface area contributed by atoms with Gasteiger partial charge in [-0.15, -0.1) is 0 Å². The minimum Gasteiger partial charge on any atom is -0.497 e. The highest BCUT2D eigenvalue weighted by molar-refractivity contribution is 5.98. The maximum absolute atomic E-state index is 13.7. The number of ketones is 1. The van der Waals surface area contributed by atoms with E-state index in [-0.39, 0.29) is 17.3 Å². The number of piperidine rings is 1. The number of rotatable bonds is 3. The van der Waals surface area contributed by atoms with Crippen molar-refractivity contribution in [2.45, 2.75) is 12.8 Å². The van der Waals surface area contributed by atoms with Gasteiger partial charge in [0.25, 0.3) is 0 Å². The Balaban J connectivity index is 2.18. The molecule has 1 aromatic rings. The Labute approximate surface area is 100.0 Å². The average Bonchev–Trinajstić information content (AvgIpc) is 2.39. The van der Waals surface area contributed by atoms with Gasteiger partial charge in [-0.2, -0.15) is 0 Å². The summed E-state index contributed by atoms with van der Waals surface area (Å²) in [6.45, 7) is 1.66. The molecule has 1 aromatic carbocycles. The standard InChI is InChI=1S/C13H16FNO2/c1-17-10-2-3-11(12(14)8-10)13(16)9-4-6-15-7-5-9/h2-3,8-9,15H,4-7H2,1H3. The van der Waals surface area contributed by atoms with Crippen molar-refractivity contribution in [3.63, 3.8) is 0 Å². The summed E-state index contributed by atoms with van der Waals surface area (Å²) in [4.78, 5) is 12.1. The summed E-state index contributed by atoms with van der Waals surface area (Å²) in [5, 5.41) is 3.19. The van der Waals surface area contributed by atoms with Crippen LogP contribution in [-0.4, -0.2) is 26.0 Å². The quantitative estimate of drug-likeness (QED) is 0.817. The Kier molecular flexibility index (Phi) is 3.74. The monoisotopic (exact) mass is 237 g/mol. The summed E-state index contributed by atoms with van der Waals surface area (Å²) in [6, 6.07) is 4.39. The molecule has 1 aliphatic rings. The lowest BCUT2D eigenvalue weighted by atomic mass is 9.89. The first-order valence-electron chi connectivity index (χ1n) is 5.81. The molecule has 0 atom stereocenters. The van der Waals surface area contributed by atoms with E-state index in [2.05, 4.69) is 5.32 Å². The number of halogens is 1. The van der Waals surface area contributed by atoms with Gasteiger partial charge in [-0.25, -0.2) is 4.39 Å². The van der Waals surface area contributed by atoms with Gasteiger partial charge in [0.1, 0.15) is 11.6 Å². The van der Waals surface area contributed by atoms with Crippen LogP contribution in [0.3, 0.4) is 0 Å². The second-order valence-corrected chi connectivity index (χ2v) is 4.23. The fourth-order valence-corrected chi connectivity index (χ4v) is 2.13. The van der Waals surface area contributed by atoms with E-state index in [1.807, 2.05) is 0 Å². The maximum Gasteiger partial charge on any atom is 0.168 e. The number of hydrogen-bond acceptors (Lipinski definition) is 3. The fourth-order valence-electron chi connectivity index (χ4n) is 2.13. The molecule has 3 nitrogen and oxygen atoms in total. The highest BCUT2D eigenvalue weighted by Gasteiger charge is 2.24. The molecular formula is C13H16FNO2. The Hall–Kier alpha value is -1.42. The largest absolute Gasteiger partial charge is 0.497 e. The van der Waals surface area contributed by atoms with Gasteiger partial charge < -0.3 is 10.1 Å². The number of carbonyl (C=O) groups is 1. The van der Waals surface area contributed by atoms with Crippen molar-refractivity contribution in [1.29, 1.82) is 0 Å². The van der Waals surface area contributed by atoms with Gasteiger partial charge in [0.15, 0.2) is 5.78 Å². The van der Waals surface area contributed by atoms with E-state index in [9.17, 15) is 9.18 Å². The molecule has 0 amide bonds. The minimum atomic E-state index is -0.493. The van der Waals surface area contributed by atoms with Gasteiger partial charge in [-0.3, -0.25) is 4.79 Å². The molecule has 1 fully saturated rings. The van der Waals surface area contributed by atoms with Crippen LogP contribution >= 0.6 is 0 Å². The van der Waals surface area contributed by atoms with Crippen molar-refractivity contribution >= 4 is 5.78 Å². The third-order valence-corrected chi connectivity index (χ3v) is 3.15. The maximum atomic E-state index is 13.7. The molecule has 1 N–H and O–H groups in total. The van der Waals surface area contributed by atoms with Crippen LogP contribution in [0.2, 0.25) is 0 Å². The summed E-state index contributed by atoms with van der Waals surface area (Å²) in [6.07, 6.45) is 1.56. The van der Waals surface area contributed by atoms with Crippen molar-refractivity contribution in [3.8, 4) is 5.75 Å². The summed E-state index contributed by atoms with van der Waals surface area (Å²) in [5.74, 6) is -0.206. The molecule has 2 rings (SSSR count). The lowest BCUT2D eigenvalue weighted by molar-refractivity contribution is 0.0891. The molecule has 17 heavy (non-hydrogen) atoms. The topological polar surface area (TPSA) is 38.3 Å². The van der Waals surface area contributed by atoms with E-state index in [1.54, 1.807) is 6.07 Å². The molecule has 0 unspecified atom stereocenters. The van der Waals surface area contributed by atoms with E-state index in [0.29, 0.717) is 5.75 Å². The highest BCUT2D eigenvalue weighted by Crippen LogP contribution is 2.22. The predicted molar refractivity (Wildman–Crippen MR) is 62.9 cm³/mol. The summed E-state index contributed by atoms with van der Waals surface area (Å²) < 4.78 is 18.6. The summed E-state index contributed by atoms with van der Waals surface area (Å²) >= 11 is 0. The fraction of sp³-hybridized carbons (Fsp3) is 0.462. The van der Waals surface area contributed by atoms with E-state index in [0.717, 1.165) is 25.9 Å². The van der Waals surface area contributed by atoms with Crippen LogP contribution in [0, 0.1) is 11.7 Å². The minimum absolute atomic E-state index is 0.0563. The molecule has 1 heterocycles. The first kappa shape index (κ1) is 12.0. The van der Waals surface area contributed by atoms with Crippen LogP contribution < -0.4 is 10.1 Å². The van der Waals surface area contributed by atoms with Gasteiger partial charge >= 0.3 is 0 Å². The first-order valence-corrected chi connectivity index (χ1v) is 5.81. The van der Waals surface area contributed by atoms with Crippen LogP contribution in [0.5, 0.6) is 5.75 Å². The van der Waals surface area contributed by atoms with E-state index in [4.69, 9.17) is 4.74 Å². The van der Waals surface area contributed by atoms with Crippen LogP contribution in [0.1, 0.15) is 23.2 Å². The Morgan fingerprint density at radius 2 is 2.12 bits per heavy atom. The van der Waals surface area contributed by atoms with Crippen LogP contribution in [0.4, 0.5) is 4.39 Å². The third-order valence-electron chi connectivity index (χ3n) is 3.15. The molecule has 0 bridgehead atoms. The van der Waals surface area contributed by atoms with Crippen molar-refractivity contribution in [2.75, 3.05) is 20.2 Å². The SMILES string of the molecule is COc1ccc(C(=O)C2CCNCC2)c(F)c1. The van der Waals surface area contributed by atoms with E-state index in [1.165, 1.54) is 19.2 Å². The molecule has 0 saturated carbocycles. The molecule has 92 valence electrons. The van der Waals surface area contributed by atoms with Crippen molar-refractivity contribution < 1.29 is 13.9 Å². The van der Waals surface area contributed by atoms with Gasteiger partial charge in [-0.05, 0) is 38.1 Å². The van der Waals surface area contributed by atoms with E-state index < -0.39 is 5.82 Å². The number of hydrogen-bond donors (Lipinski definition) is 1. The molecule has 4 heteroatoms. The van der Waals surface area contributed by atoms with Gasteiger partial charge in [0, 0.05) is 12.0 Å². The van der Waals surface area contributed by atoms with Crippen molar-refractivity contribution in [1.82, 2.24) is 5.32 Å². The normalized spacial score (nSPS) is 16.8. The van der Waals surface area contributed by atoms with Crippen LogP contribution in [0.25, 0.3) is 0 Å². The van der Waals surface area contributed by atoms with Crippen LogP contribution in [-0.2, 0) is 0 Å². The lowest BCUT2D eigenvalue weighted by Crippen LogP contribution is -2.32. The zero-order valence-corrected chi connectivity index (χ0v) is 9.83. The number of Topliss-reactive ketones (excluding diaryl/α,β-unsaturated/α-hetero) is 1. The zero-order valence-electron chi connectivity index (χ0n) is 9.83. The highest BCUT2D eigenvalue weighted by atomic mass is 19.1. The molecule has 1 saturated heterocycles. The smallest absolute Gasteiger partial charge is 0.168 e. The Morgan fingerprint density at radius 1 is 1.41 bits per heavy atom. The van der Waals surface area contributed by atoms with Gasteiger partial charge in [0.2, 0.25) is 0 Å². The average molecular weight is 237 g/mol. The van der Waals surface area contributed by atoms with Gasteiger partial charge in [-0.1, -0.05) is 0 Å². The van der Waals surface area contributed by atoms with Crippen molar-refractivity contribution in [2.24, 2.45) is 5.92 Å². The summed E-state index contributed by atoms with van der Waals surface area (Å²) in [5.41, 5.74) is 0.178. The lowest BCUT2D eigenvalue weighted by Gasteiger charge is -2.21. The third kappa shape index (κ3) is 2.64. The second-order valence-electron chi connectivity index (χ2n) is 4.23. The number of ether oxygens (including phenoxy) is 1. The molecule has 0 aliphatic carbocycles. The predicted octanol–water partition coefficient (Wildman–Crippen LogP) is 2.02. The number of nitrogens with one attached hydrogen (secondary N) is 1.